The molecule has 1 aromatic rings. The van der Waals surface area contributed by atoms with Crippen molar-refractivity contribution in [1.29, 1.82) is 0 Å². The summed E-state index contributed by atoms with van der Waals surface area (Å²) in [6.07, 6.45) is 2.04. The minimum Gasteiger partial charge on any atom is -0.454 e. The zero-order chi connectivity index (χ0) is 17.0. The second-order valence-corrected chi connectivity index (χ2v) is 5.35. The monoisotopic (exact) mass is 465 g/mol. The van der Waals surface area contributed by atoms with Crippen LogP contribution in [-0.4, -0.2) is 53.3 Å². The lowest BCUT2D eigenvalue weighted by Crippen LogP contribution is -2.37. The van der Waals surface area contributed by atoms with E-state index in [4.69, 9.17) is 18.9 Å². The Balaban J connectivity index is 0.00000312. The smallest absolute Gasteiger partial charge is 0.231 e. The zero-order valence-corrected chi connectivity index (χ0v) is 17.2. The molecule has 0 unspecified atom stereocenters. The second kappa shape index (κ2) is 13.0. The molecule has 25 heavy (non-hydrogen) atoms. The van der Waals surface area contributed by atoms with Crippen molar-refractivity contribution < 1.29 is 18.9 Å². The topological polar surface area (TPSA) is 73.3 Å². The Morgan fingerprint density at radius 3 is 2.76 bits per heavy atom. The van der Waals surface area contributed by atoms with Crippen LogP contribution in [0.1, 0.15) is 18.4 Å². The van der Waals surface area contributed by atoms with E-state index in [0.29, 0.717) is 26.6 Å². The molecule has 2 rings (SSSR count). The summed E-state index contributed by atoms with van der Waals surface area (Å²) in [5.41, 5.74) is 1.12. The van der Waals surface area contributed by atoms with Gasteiger partial charge in [-0.05, 0) is 30.5 Å². The van der Waals surface area contributed by atoms with Gasteiger partial charge in [0.1, 0.15) is 0 Å². The molecule has 0 bridgehead atoms. The molecule has 1 aliphatic heterocycles. The van der Waals surface area contributed by atoms with E-state index >= 15 is 0 Å². The highest BCUT2D eigenvalue weighted by Gasteiger charge is 2.13. The first-order valence-electron chi connectivity index (χ1n) is 8.23. The highest BCUT2D eigenvalue weighted by atomic mass is 127. The van der Waals surface area contributed by atoms with Crippen LogP contribution in [0.3, 0.4) is 0 Å². The van der Waals surface area contributed by atoms with E-state index in [9.17, 15) is 0 Å². The van der Waals surface area contributed by atoms with Crippen LogP contribution in [0.25, 0.3) is 0 Å². The number of ether oxygens (including phenoxy) is 4. The molecule has 7 nitrogen and oxygen atoms in total. The minimum atomic E-state index is 0. The van der Waals surface area contributed by atoms with E-state index in [1.807, 2.05) is 18.2 Å². The molecular weight excluding hydrogens is 437 g/mol. The number of fused-ring (bicyclic) bond motifs is 1. The summed E-state index contributed by atoms with van der Waals surface area (Å²) in [6.45, 7) is 3.89. The van der Waals surface area contributed by atoms with Crippen molar-refractivity contribution in [3.8, 4) is 11.5 Å². The molecule has 0 saturated carbocycles. The van der Waals surface area contributed by atoms with E-state index in [2.05, 4.69) is 15.6 Å². The number of hydrogen-bond donors (Lipinski definition) is 2. The van der Waals surface area contributed by atoms with Crippen molar-refractivity contribution in [2.45, 2.75) is 19.4 Å². The molecule has 0 aromatic heterocycles. The maximum Gasteiger partial charge on any atom is 0.231 e. The van der Waals surface area contributed by atoms with E-state index in [0.717, 1.165) is 49.0 Å². The average Bonchev–Trinajstić information content (AvgIpc) is 3.07. The summed E-state index contributed by atoms with van der Waals surface area (Å²) in [4.78, 5) is 4.22. The summed E-state index contributed by atoms with van der Waals surface area (Å²) in [5, 5.41) is 6.59. The number of nitrogens with one attached hydrogen (secondary N) is 2. The first-order chi connectivity index (χ1) is 11.8. The lowest BCUT2D eigenvalue weighted by Gasteiger charge is -2.12. The Kier molecular flexibility index (Phi) is 11.3. The van der Waals surface area contributed by atoms with Crippen LogP contribution < -0.4 is 20.1 Å². The van der Waals surface area contributed by atoms with Gasteiger partial charge in [-0.1, -0.05) is 6.07 Å². The molecule has 2 N–H and O–H groups in total. The molecule has 0 fully saturated rings. The Hall–Kier alpha value is -1.26. The normalized spacial score (nSPS) is 12.6. The van der Waals surface area contributed by atoms with Gasteiger partial charge in [0.2, 0.25) is 6.79 Å². The summed E-state index contributed by atoms with van der Waals surface area (Å²) in [5.74, 6) is 2.38. The van der Waals surface area contributed by atoms with Gasteiger partial charge in [0.15, 0.2) is 17.5 Å². The van der Waals surface area contributed by atoms with E-state index in [1.54, 1.807) is 14.2 Å². The Labute approximate surface area is 166 Å². The molecule has 0 aliphatic carbocycles. The van der Waals surface area contributed by atoms with Crippen molar-refractivity contribution in [3.63, 3.8) is 0 Å². The quantitative estimate of drug-likeness (QED) is 0.239. The first kappa shape index (κ1) is 21.8. The van der Waals surface area contributed by atoms with Gasteiger partial charge < -0.3 is 29.6 Å². The maximum atomic E-state index is 5.43. The Bertz CT molecular complexity index is 529. The molecular formula is C17H28IN3O4. The number of hydrogen-bond acceptors (Lipinski definition) is 5. The predicted octanol–water partition coefficient (Wildman–Crippen LogP) is 2.14. The summed E-state index contributed by atoms with van der Waals surface area (Å²) in [6, 6.07) is 5.93. The minimum absolute atomic E-state index is 0. The summed E-state index contributed by atoms with van der Waals surface area (Å²) < 4.78 is 21.1. The van der Waals surface area contributed by atoms with Crippen molar-refractivity contribution in [2.75, 3.05) is 47.3 Å². The molecule has 1 aromatic carbocycles. The van der Waals surface area contributed by atoms with Gasteiger partial charge in [-0.15, -0.1) is 24.0 Å². The Morgan fingerprint density at radius 1 is 1.12 bits per heavy atom. The molecule has 0 spiro atoms. The second-order valence-electron chi connectivity index (χ2n) is 5.35. The van der Waals surface area contributed by atoms with Gasteiger partial charge >= 0.3 is 0 Å². The number of methoxy groups -OCH3 is 1. The third kappa shape index (κ3) is 8.10. The fourth-order valence-electron chi connectivity index (χ4n) is 2.24. The third-order valence-electron chi connectivity index (χ3n) is 3.56. The fraction of sp³-hybridized carbons (Fsp3) is 0.588. The first-order valence-corrected chi connectivity index (χ1v) is 8.23. The molecule has 0 saturated heterocycles. The summed E-state index contributed by atoms with van der Waals surface area (Å²) >= 11 is 0. The van der Waals surface area contributed by atoms with Crippen molar-refractivity contribution >= 4 is 29.9 Å². The standard InChI is InChI=1S/C17H27N3O4.HI/c1-18-17(19-7-3-4-8-22-10-9-21-2)20-12-14-5-6-15-16(11-14)24-13-23-15;/h5-6,11H,3-4,7-10,12-13H2,1-2H3,(H2,18,19,20);1H. The number of benzene rings is 1. The summed E-state index contributed by atoms with van der Waals surface area (Å²) in [7, 11) is 3.44. The van der Waals surface area contributed by atoms with Crippen molar-refractivity contribution in [1.82, 2.24) is 10.6 Å². The number of unbranched alkanes of at least 4 members (excludes halogenated alkanes) is 1. The maximum absolute atomic E-state index is 5.43. The Morgan fingerprint density at radius 2 is 1.96 bits per heavy atom. The number of halogens is 1. The molecule has 8 heteroatoms. The van der Waals surface area contributed by atoms with Crippen molar-refractivity contribution in [3.05, 3.63) is 23.8 Å². The van der Waals surface area contributed by atoms with Crippen LogP contribution >= 0.6 is 24.0 Å². The molecule has 1 aliphatic rings. The lowest BCUT2D eigenvalue weighted by molar-refractivity contribution is 0.0689. The molecule has 142 valence electrons. The number of guanidine groups is 1. The van der Waals surface area contributed by atoms with E-state index < -0.39 is 0 Å². The SMILES string of the molecule is CN=C(NCCCCOCCOC)NCc1ccc2c(c1)OCO2.I. The van der Waals surface area contributed by atoms with Gasteiger partial charge in [0.05, 0.1) is 13.2 Å². The van der Waals surface area contributed by atoms with Gasteiger partial charge in [-0.25, -0.2) is 0 Å². The lowest BCUT2D eigenvalue weighted by atomic mass is 10.2. The van der Waals surface area contributed by atoms with Crippen LogP contribution in [0.15, 0.2) is 23.2 Å². The van der Waals surface area contributed by atoms with Crippen molar-refractivity contribution in [2.24, 2.45) is 4.99 Å². The zero-order valence-electron chi connectivity index (χ0n) is 14.9. The fourth-order valence-corrected chi connectivity index (χ4v) is 2.24. The van der Waals surface area contributed by atoms with Gasteiger partial charge in [0, 0.05) is 33.9 Å². The number of aliphatic imine (C=N–C) groups is 1. The highest BCUT2D eigenvalue weighted by molar-refractivity contribution is 14.0. The van der Waals surface area contributed by atoms with Crippen LogP contribution in [0.4, 0.5) is 0 Å². The van der Waals surface area contributed by atoms with Gasteiger partial charge in [0.25, 0.3) is 0 Å². The van der Waals surface area contributed by atoms with Gasteiger partial charge in [-0.2, -0.15) is 0 Å². The molecule has 1 heterocycles. The molecule has 0 amide bonds. The van der Waals surface area contributed by atoms with Crippen LogP contribution in [0.2, 0.25) is 0 Å². The predicted molar refractivity (Wildman–Crippen MR) is 108 cm³/mol. The van der Waals surface area contributed by atoms with Crippen LogP contribution in [0.5, 0.6) is 11.5 Å². The van der Waals surface area contributed by atoms with Crippen LogP contribution in [-0.2, 0) is 16.0 Å². The highest BCUT2D eigenvalue weighted by Crippen LogP contribution is 2.32. The largest absolute Gasteiger partial charge is 0.454 e. The number of rotatable bonds is 10. The van der Waals surface area contributed by atoms with E-state index in [1.165, 1.54) is 0 Å². The van der Waals surface area contributed by atoms with Crippen LogP contribution in [0, 0.1) is 0 Å². The molecule has 0 radical (unpaired) electrons. The van der Waals surface area contributed by atoms with Gasteiger partial charge in [-0.3, -0.25) is 4.99 Å². The molecule has 0 atom stereocenters. The average molecular weight is 465 g/mol. The number of nitrogens with zero attached hydrogens (tertiary/aromatic N) is 1. The third-order valence-corrected chi connectivity index (χ3v) is 3.56. The van der Waals surface area contributed by atoms with E-state index in [-0.39, 0.29) is 24.0 Å².